The molecule has 0 unspecified atom stereocenters. The van der Waals surface area contributed by atoms with E-state index in [1.54, 1.807) is 27.7 Å². The Morgan fingerprint density at radius 3 is 2.46 bits per heavy atom. The fourth-order valence-corrected chi connectivity index (χ4v) is 6.22. The Morgan fingerprint density at radius 2 is 1.84 bits per heavy atom. The molecule has 1 spiro atoms. The molecule has 2 saturated heterocycles. The van der Waals surface area contributed by atoms with Gasteiger partial charge in [0.1, 0.15) is 23.8 Å². The van der Waals surface area contributed by atoms with Crippen LogP contribution in [0.15, 0.2) is 30.3 Å². The van der Waals surface area contributed by atoms with Gasteiger partial charge in [-0.15, -0.1) is 0 Å². The van der Waals surface area contributed by atoms with Crippen molar-refractivity contribution >= 4 is 35.3 Å². The van der Waals surface area contributed by atoms with E-state index in [4.69, 9.17) is 14.3 Å². The van der Waals surface area contributed by atoms with E-state index in [0.717, 1.165) is 25.0 Å². The molecule has 5 rings (SSSR count). The molecule has 3 fully saturated rings. The third-order valence-electron chi connectivity index (χ3n) is 9.09. The smallest absolute Gasteiger partial charge is 0.416 e. The van der Waals surface area contributed by atoms with E-state index >= 15 is 0 Å². The fourth-order valence-electron chi connectivity index (χ4n) is 6.22. The Kier molecular flexibility index (Phi) is 10.8. The highest BCUT2D eigenvalue weighted by atomic mass is 19.4. The van der Waals surface area contributed by atoms with Gasteiger partial charge in [0.05, 0.1) is 37.1 Å². The van der Waals surface area contributed by atoms with Gasteiger partial charge in [-0.1, -0.05) is 46.2 Å². The molecule has 1 aliphatic carbocycles. The number of nitrogens with zero attached hydrogens (tertiary/aromatic N) is 1. The number of ether oxygens (including phenoxy) is 2. The van der Waals surface area contributed by atoms with Crippen LogP contribution in [-0.4, -0.2) is 90.1 Å². The molecule has 16 heteroatoms. The lowest BCUT2D eigenvalue weighted by Gasteiger charge is -2.35. The van der Waals surface area contributed by atoms with Crippen LogP contribution in [0.1, 0.15) is 77.3 Å². The minimum atomic E-state index is -4.59. The molecule has 1 aromatic carbocycles. The number of alkyl carbamates (subject to hydrolysis) is 1. The van der Waals surface area contributed by atoms with Crippen LogP contribution in [0, 0.1) is 5.41 Å². The molecule has 1 saturated carbocycles. The van der Waals surface area contributed by atoms with Gasteiger partial charge in [-0.25, -0.2) is 4.79 Å². The zero-order valence-corrected chi connectivity index (χ0v) is 28.5. The van der Waals surface area contributed by atoms with E-state index in [9.17, 15) is 37.1 Å². The number of nitrogens with one attached hydrogen (secondary N) is 4. The highest BCUT2D eigenvalue weighted by Gasteiger charge is 2.54. The molecule has 274 valence electrons. The summed E-state index contributed by atoms with van der Waals surface area (Å²) >= 11 is 0. The number of likely N-dealkylation sites (tertiary alicyclic amines) is 1. The van der Waals surface area contributed by atoms with Gasteiger partial charge in [-0.3, -0.25) is 29.5 Å². The first-order valence-electron chi connectivity index (χ1n) is 16.8. The standard InChI is InChI=1S/C34H44F3N5O8/c1-5-7-23(26(43)29(45)38-21-10-11-21)39-28(44)25-16-33(15-24(41-50-33)19-8-6-9-20(14-19)34(35,36)37)18-42(25)30(46)27(32(2,3)4)40-31(47)49-22-12-13-48-17-22/h6,8-9,14-15,21-23,25,27,41H,5,7,10-13,16-18H2,1-4H3,(H,38,45)(H,39,44)(H,40,47)/t22-,23-,25-,27+,33-/m0/s1. The average Bonchev–Trinajstić information content (AvgIpc) is 3.39. The minimum absolute atomic E-state index is 0.0771. The van der Waals surface area contributed by atoms with Crippen LogP contribution < -0.4 is 21.4 Å². The topological polar surface area (TPSA) is 164 Å². The van der Waals surface area contributed by atoms with E-state index in [0.29, 0.717) is 19.4 Å². The van der Waals surface area contributed by atoms with Crippen LogP contribution in [-0.2, 0) is 39.7 Å². The predicted octanol–water partition coefficient (Wildman–Crippen LogP) is 2.98. The van der Waals surface area contributed by atoms with Gasteiger partial charge in [0.2, 0.25) is 17.6 Å². The predicted molar refractivity (Wildman–Crippen MR) is 172 cm³/mol. The van der Waals surface area contributed by atoms with Crippen molar-refractivity contribution in [3.63, 3.8) is 0 Å². The lowest BCUT2D eigenvalue weighted by atomic mass is 9.85. The second kappa shape index (κ2) is 14.6. The Morgan fingerprint density at radius 1 is 1.10 bits per heavy atom. The van der Waals surface area contributed by atoms with Crippen LogP contribution in [0.4, 0.5) is 18.0 Å². The van der Waals surface area contributed by atoms with Crippen LogP contribution in [0.2, 0.25) is 0 Å². The summed E-state index contributed by atoms with van der Waals surface area (Å²) in [5.41, 5.74) is -0.0823. The van der Waals surface area contributed by atoms with Crippen molar-refractivity contribution in [2.75, 3.05) is 19.8 Å². The van der Waals surface area contributed by atoms with Gasteiger partial charge in [0.15, 0.2) is 0 Å². The number of carbonyl (C=O) groups is 5. The average molecular weight is 708 g/mol. The van der Waals surface area contributed by atoms with Gasteiger partial charge in [0.25, 0.3) is 5.91 Å². The second-order valence-electron chi connectivity index (χ2n) is 14.4. The molecule has 13 nitrogen and oxygen atoms in total. The molecular formula is C34H44F3N5O8. The summed E-state index contributed by atoms with van der Waals surface area (Å²) in [5.74, 6) is -2.99. The van der Waals surface area contributed by atoms with Crippen LogP contribution in [0.5, 0.6) is 0 Å². The lowest BCUT2D eigenvalue weighted by Crippen LogP contribution is -2.59. The first-order valence-corrected chi connectivity index (χ1v) is 16.8. The molecule has 0 aromatic heterocycles. The first kappa shape index (κ1) is 37.1. The zero-order chi connectivity index (χ0) is 36.4. The number of benzene rings is 1. The number of carbonyl (C=O) groups excluding carboxylic acids is 5. The normalized spacial score (nSPS) is 24.6. The fraction of sp³-hybridized carbons (Fsp3) is 0.618. The summed E-state index contributed by atoms with van der Waals surface area (Å²) < 4.78 is 51.2. The monoisotopic (exact) mass is 707 g/mol. The highest BCUT2D eigenvalue weighted by molar-refractivity contribution is 6.38. The molecule has 4 N–H and O–H groups in total. The van der Waals surface area contributed by atoms with E-state index < -0.39 is 76.6 Å². The number of halogens is 3. The largest absolute Gasteiger partial charge is 0.444 e. The molecule has 3 aliphatic heterocycles. The maximum Gasteiger partial charge on any atom is 0.416 e. The summed E-state index contributed by atoms with van der Waals surface area (Å²) in [6.07, 6.45) is -1.88. The Balaban J connectivity index is 1.43. The molecular weight excluding hydrogens is 663 g/mol. The third-order valence-corrected chi connectivity index (χ3v) is 9.09. The third kappa shape index (κ3) is 8.75. The van der Waals surface area contributed by atoms with Crippen molar-refractivity contribution < 1.29 is 51.5 Å². The molecule has 4 amide bonds. The number of alkyl halides is 3. The lowest BCUT2D eigenvalue weighted by molar-refractivity contribution is -0.144. The van der Waals surface area contributed by atoms with Crippen LogP contribution in [0.3, 0.4) is 0 Å². The second-order valence-corrected chi connectivity index (χ2v) is 14.4. The van der Waals surface area contributed by atoms with Crippen molar-refractivity contribution in [3.8, 4) is 0 Å². The van der Waals surface area contributed by atoms with E-state index in [1.165, 1.54) is 23.1 Å². The van der Waals surface area contributed by atoms with Gasteiger partial charge >= 0.3 is 12.3 Å². The number of hydroxylamine groups is 1. The molecule has 50 heavy (non-hydrogen) atoms. The Bertz CT molecular complexity index is 1520. The van der Waals surface area contributed by atoms with Crippen molar-refractivity contribution in [1.29, 1.82) is 0 Å². The molecule has 4 aliphatic rings. The molecule has 3 heterocycles. The van der Waals surface area contributed by atoms with E-state index in [1.807, 2.05) is 0 Å². The van der Waals surface area contributed by atoms with Crippen LogP contribution >= 0.6 is 0 Å². The number of ketones is 1. The quantitative estimate of drug-likeness (QED) is 0.253. The van der Waals surface area contributed by atoms with E-state index in [2.05, 4.69) is 21.4 Å². The van der Waals surface area contributed by atoms with Crippen molar-refractivity contribution in [3.05, 3.63) is 41.5 Å². The molecule has 0 bridgehead atoms. The SMILES string of the molecule is CCC[C@H](NC(=O)[C@@H]1C[C@@]2(C=C(c3cccc(C(F)(F)F)c3)NO2)CN1C(=O)[C@@H](NC(=O)O[C@H]1CCOC1)C(C)(C)C)C(=O)C(=O)NC1CC1. The van der Waals surface area contributed by atoms with Crippen LogP contribution in [0.25, 0.3) is 5.70 Å². The number of hydrogen-bond acceptors (Lipinski definition) is 9. The van der Waals surface area contributed by atoms with Crippen molar-refractivity contribution in [2.45, 2.75) is 108 Å². The summed E-state index contributed by atoms with van der Waals surface area (Å²) in [6, 6.07) is 0.921. The number of hydrogen-bond donors (Lipinski definition) is 4. The van der Waals surface area contributed by atoms with Crippen molar-refractivity contribution in [2.24, 2.45) is 5.41 Å². The first-order chi connectivity index (χ1) is 23.5. The van der Waals surface area contributed by atoms with E-state index in [-0.39, 0.29) is 43.3 Å². The summed E-state index contributed by atoms with van der Waals surface area (Å²) in [4.78, 5) is 74.3. The summed E-state index contributed by atoms with van der Waals surface area (Å²) in [5, 5.41) is 7.96. The number of amides is 4. The molecule has 1 aromatic rings. The molecule has 0 radical (unpaired) electrons. The Labute approximate surface area is 287 Å². The van der Waals surface area contributed by atoms with Gasteiger partial charge < -0.3 is 30.3 Å². The number of rotatable bonds is 11. The minimum Gasteiger partial charge on any atom is -0.444 e. The Hall–Kier alpha value is -4.18. The molecule has 5 atom stereocenters. The van der Waals surface area contributed by atoms with Gasteiger partial charge in [0, 0.05) is 24.4 Å². The zero-order valence-electron chi connectivity index (χ0n) is 28.5. The summed E-state index contributed by atoms with van der Waals surface area (Å²) in [6.45, 7) is 7.39. The number of Topliss-reactive ketones (excluding diaryl/α,β-unsaturated/α-hetero) is 1. The van der Waals surface area contributed by atoms with Gasteiger partial charge in [-0.05, 0) is 42.9 Å². The van der Waals surface area contributed by atoms with Crippen molar-refractivity contribution in [1.82, 2.24) is 26.3 Å². The summed E-state index contributed by atoms with van der Waals surface area (Å²) in [7, 11) is 0. The highest BCUT2D eigenvalue weighted by Crippen LogP contribution is 2.40. The maximum absolute atomic E-state index is 14.4. The van der Waals surface area contributed by atoms with Gasteiger partial charge in [-0.2, -0.15) is 13.2 Å². The maximum atomic E-state index is 14.4.